The van der Waals surface area contributed by atoms with E-state index in [1.54, 1.807) is 12.3 Å². The van der Waals surface area contributed by atoms with Crippen LogP contribution in [0.25, 0.3) is 0 Å². The summed E-state index contributed by atoms with van der Waals surface area (Å²) in [5.74, 6) is 0.616. The molecule has 88 valence electrons. The lowest BCUT2D eigenvalue weighted by Gasteiger charge is -2.08. The molecule has 0 fully saturated rings. The smallest absolute Gasteiger partial charge is 0.144 e. The number of hydrogen-bond donors (Lipinski definition) is 1. The Kier molecular flexibility index (Phi) is 5.60. The zero-order chi connectivity index (χ0) is 12.0. The maximum atomic E-state index is 5.93. The van der Waals surface area contributed by atoms with Gasteiger partial charge in [0.05, 0.1) is 23.3 Å². The highest BCUT2D eigenvalue weighted by Gasteiger charge is 2.01. The molecule has 5 heteroatoms. The van der Waals surface area contributed by atoms with E-state index >= 15 is 0 Å². The van der Waals surface area contributed by atoms with Crippen molar-refractivity contribution >= 4 is 29.0 Å². The quantitative estimate of drug-likeness (QED) is 0.629. The number of anilines is 1. The average Bonchev–Trinajstić information content (AvgIpc) is 2.20. The monoisotopic (exact) mass is 260 g/mol. The summed E-state index contributed by atoms with van der Waals surface area (Å²) in [7, 11) is 0. The average molecular weight is 261 g/mol. The van der Waals surface area contributed by atoms with Crippen molar-refractivity contribution in [3.05, 3.63) is 34.5 Å². The summed E-state index contributed by atoms with van der Waals surface area (Å²) in [5.41, 5.74) is 1.00. The third kappa shape index (κ3) is 4.84. The minimum atomic E-state index is 0.507. The second-order valence-corrected chi connectivity index (χ2v) is 4.26. The lowest BCUT2D eigenvalue weighted by Crippen LogP contribution is -2.11. The number of rotatable bonds is 6. The van der Waals surface area contributed by atoms with E-state index < -0.39 is 0 Å². The predicted molar refractivity (Wildman–Crippen MR) is 68.4 cm³/mol. The molecular formula is C11H14Cl2N2O. The predicted octanol–water partition coefficient (Wildman–Crippen LogP) is 3.39. The molecule has 0 aromatic carbocycles. The molecule has 0 unspecified atom stereocenters. The summed E-state index contributed by atoms with van der Waals surface area (Å²) in [6.45, 7) is 7.45. The van der Waals surface area contributed by atoms with E-state index in [0.717, 1.165) is 5.57 Å². The molecule has 0 aliphatic carbocycles. The molecule has 0 amide bonds. The van der Waals surface area contributed by atoms with Gasteiger partial charge in [0.1, 0.15) is 5.82 Å². The standard InChI is InChI=1S/C11H14Cl2N2O/c1-8(2)7-16-4-3-14-11-10(13)5-9(12)6-15-11/h5-6H,1,3-4,7H2,2H3,(H,14,15). The van der Waals surface area contributed by atoms with E-state index in [1.165, 1.54) is 0 Å². The molecule has 0 saturated carbocycles. The minimum Gasteiger partial charge on any atom is -0.375 e. The molecule has 0 spiro atoms. The van der Waals surface area contributed by atoms with Crippen molar-refractivity contribution in [1.29, 1.82) is 0 Å². The van der Waals surface area contributed by atoms with Gasteiger partial charge >= 0.3 is 0 Å². The van der Waals surface area contributed by atoms with Crippen molar-refractivity contribution in [2.45, 2.75) is 6.92 Å². The van der Waals surface area contributed by atoms with Crippen molar-refractivity contribution in [2.75, 3.05) is 25.1 Å². The fraction of sp³-hybridized carbons (Fsp3) is 0.364. The largest absolute Gasteiger partial charge is 0.375 e. The van der Waals surface area contributed by atoms with Crippen molar-refractivity contribution in [3.8, 4) is 0 Å². The minimum absolute atomic E-state index is 0.507. The van der Waals surface area contributed by atoms with Crippen LogP contribution < -0.4 is 5.32 Å². The second kappa shape index (κ2) is 6.74. The number of ether oxygens (including phenoxy) is 1. The van der Waals surface area contributed by atoms with Crippen LogP contribution in [0.4, 0.5) is 5.82 Å². The van der Waals surface area contributed by atoms with Crippen LogP contribution in [0.1, 0.15) is 6.92 Å². The lowest BCUT2D eigenvalue weighted by molar-refractivity contribution is 0.167. The Morgan fingerprint density at radius 3 is 2.94 bits per heavy atom. The Hall–Kier alpha value is -0.770. The van der Waals surface area contributed by atoms with Gasteiger partial charge in [-0.15, -0.1) is 0 Å². The van der Waals surface area contributed by atoms with Gasteiger partial charge < -0.3 is 10.1 Å². The van der Waals surface area contributed by atoms with Gasteiger partial charge in [-0.2, -0.15) is 0 Å². The fourth-order valence-corrected chi connectivity index (χ4v) is 1.48. The molecule has 0 atom stereocenters. The number of aromatic nitrogens is 1. The lowest BCUT2D eigenvalue weighted by atomic mass is 10.4. The summed E-state index contributed by atoms with van der Waals surface area (Å²) in [6, 6.07) is 1.65. The molecule has 0 saturated heterocycles. The Bertz CT molecular complexity index is 369. The van der Waals surface area contributed by atoms with Crippen molar-refractivity contribution in [1.82, 2.24) is 4.98 Å². The molecule has 1 N–H and O–H groups in total. The molecule has 0 aliphatic rings. The van der Waals surface area contributed by atoms with Crippen molar-refractivity contribution < 1.29 is 4.74 Å². The Balaban J connectivity index is 2.29. The van der Waals surface area contributed by atoms with E-state index in [2.05, 4.69) is 16.9 Å². The number of nitrogens with zero attached hydrogens (tertiary/aromatic N) is 1. The number of pyridine rings is 1. The summed E-state index contributed by atoms with van der Waals surface area (Å²) < 4.78 is 5.32. The molecule has 1 heterocycles. The van der Waals surface area contributed by atoms with E-state index in [-0.39, 0.29) is 0 Å². The highest BCUT2D eigenvalue weighted by molar-refractivity contribution is 6.35. The third-order valence-electron chi connectivity index (χ3n) is 1.70. The number of nitrogens with one attached hydrogen (secondary N) is 1. The van der Waals surface area contributed by atoms with Gasteiger partial charge in [-0.1, -0.05) is 35.4 Å². The molecule has 1 rings (SSSR count). The SMILES string of the molecule is C=C(C)COCCNc1ncc(Cl)cc1Cl. The fourth-order valence-electron chi connectivity index (χ4n) is 1.03. The second-order valence-electron chi connectivity index (χ2n) is 3.42. The zero-order valence-electron chi connectivity index (χ0n) is 9.09. The first-order valence-corrected chi connectivity index (χ1v) is 5.62. The maximum absolute atomic E-state index is 5.93. The number of halogens is 2. The molecule has 0 radical (unpaired) electrons. The number of hydrogen-bond acceptors (Lipinski definition) is 3. The maximum Gasteiger partial charge on any atom is 0.144 e. The molecule has 1 aromatic rings. The van der Waals surface area contributed by atoms with Crippen molar-refractivity contribution in [2.24, 2.45) is 0 Å². The van der Waals surface area contributed by atoms with Crippen LogP contribution in [0.15, 0.2) is 24.4 Å². The molecule has 0 bridgehead atoms. The molecule has 3 nitrogen and oxygen atoms in total. The van der Waals surface area contributed by atoms with Crippen LogP contribution in [0.5, 0.6) is 0 Å². The van der Waals surface area contributed by atoms with Gasteiger partial charge in [-0.05, 0) is 13.0 Å². The van der Waals surface area contributed by atoms with Gasteiger partial charge in [0.15, 0.2) is 0 Å². The van der Waals surface area contributed by atoms with Crippen LogP contribution >= 0.6 is 23.2 Å². The van der Waals surface area contributed by atoms with Gasteiger partial charge in [-0.3, -0.25) is 0 Å². The Morgan fingerprint density at radius 2 is 2.31 bits per heavy atom. The van der Waals surface area contributed by atoms with Crippen LogP contribution in [0.2, 0.25) is 10.0 Å². The van der Waals surface area contributed by atoms with E-state index in [4.69, 9.17) is 27.9 Å². The van der Waals surface area contributed by atoms with E-state index in [9.17, 15) is 0 Å². The summed E-state index contributed by atoms with van der Waals surface area (Å²) in [4.78, 5) is 4.06. The van der Waals surface area contributed by atoms with Gasteiger partial charge in [0, 0.05) is 12.7 Å². The normalized spacial score (nSPS) is 10.2. The summed E-state index contributed by atoms with van der Waals surface area (Å²) in [5, 5.41) is 4.09. The first kappa shape index (κ1) is 13.3. The zero-order valence-corrected chi connectivity index (χ0v) is 10.6. The van der Waals surface area contributed by atoms with E-state index in [0.29, 0.717) is 35.6 Å². The van der Waals surface area contributed by atoms with E-state index in [1.807, 2.05) is 6.92 Å². The molecule has 1 aromatic heterocycles. The third-order valence-corrected chi connectivity index (χ3v) is 2.19. The van der Waals surface area contributed by atoms with Crippen molar-refractivity contribution in [3.63, 3.8) is 0 Å². The van der Waals surface area contributed by atoms with Gasteiger partial charge in [-0.25, -0.2) is 4.98 Å². The Morgan fingerprint density at radius 1 is 1.56 bits per heavy atom. The molecular weight excluding hydrogens is 247 g/mol. The van der Waals surface area contributed by atoms with Crippen LogP contribution in [0.3, 0.4) is 0 Å². The summed E-state index contributed by atoms with van der Waals surface area (Å²) >= 11 is 11.7. The molecule has 0 aliphatic heterocycles. The van der Waals surface area contributed by atoms with Crippen LogP contribution in [-0.4, -0.2) is 24.7 Å². The van der Waals surface area contributed by atoms with Crippen LogP contribution in [-0.2, 0) is 4.74 Å². The first-order chi connectivity index (χ1) is 7.59. The van der Waals surface area contributed by atoms with Gasteiger partial charge in [0.25, 0.3) is 0 Å². The van der Waals surface area contributed by atoms with Gasteiger partial charge in [0.2, 0.25) is 0 Å². The molecule has 16 heavy (non-hydrogen) atoms. The Labute approximate surface area is 105 Å². The van der Waals surface area contributed by atoms with Crippen LogP contribution in [0, 0.1) is 0 Å². The highest BCUT2D eigenvalue weighted by Crippen LogP contribution is 2.21. The highest BCUT2D eigenvalue weighted by atomic mass is 35.5. The first-order valence-electron chi connectivity index (χ1n) is 4.86. The topological polar surface area (TPSA) is 34.1 Å². The summed E-state index contributed by atoms with van der Waals surface area (Å²) in [6.07, 6.45) is 1.55.